The van der Waals surface area contributed by atoms with Gasteiger partial charge in [0, 0.05) is 18.8 Å². The maximum atomic E-state index is 12.2. The summed E-state index contributed by atoms with van der Waals surface area (Å²) >= 11 is 0. The van der Waals surface area contributed by atoms with Crippen LogP contribution in [0.1, 0.15) is 29.8 Å². The van der Waals surface area contributed by atoms with Crippen LogP contribution in [0.3, 0.4) is 0 Å². The molecule has 2 amide bonds. The van der Waals surface area contributed by atoms with Gasteiger partial charge in [0.25, 0.3) is 0 Å². The van der Waals surface area contributed by atoms with E-state index in [1.54, 1.807) is 19.9 Å². The lowest BCUT2D eigenvalue weighted by molar-refractivity contribution is 0.0697. The molecule has 0 aliphatic heterocycles. The number of nitrogens with one attached hydrogen (secondary N) is 1. The number of carboxylic acid groups (broad SMARTS) is 1. The Kier molecular flexibility index (Phi) is 5.73. The third-order valence-corrected chi connectivity index (χ3v) is 3.11. The van der Waals surface area contributed by atoms with Crippen molar-refractivity contribution in [1.82, 2.24) is 4.90 Å². The van der Waals surface area contributed by atoms with E-state index in [0.29, 0.717) is 18.8 Å². The molecule has 1 rings (SSSR count). The highest BCUT2D eigenvalue weighted by atomic mass is 16.4. The molecule has 0 radical (unpaired) electrons. The van der Waals surface area contributed by atoms with Crippen molar-refractivity contribution in [2.75, 3.05) is 18.4 Å². The van der Waals surface area contributed by atoms with Crippen molar-refractivity contribution < 1.29 is 14.7 Å². The highest BCUT2D eigenvalue weighted by Crippen LogP contribution is 2.17. The first-order chi connectivity index (χ1) is 9.88. The maximum absolute atomic E-state index is 12.2. The molecule has 0 heterocycles. The molecule has 0 bridgehead atoms. The van der Waals surface area contributed by atoms with E-state index in [2.05, 4.69) is 11.4 Å². The minimum absolute atomic E-state index is 0.115. The number of hydrogen-bond donors (Lipinski definition) is 2. The molecule has 0 spiro atoms. The van der Waals surface area contributed by atoms with E-state index >= 15 is 0 Å². The molecule has 21 heavy (non-hydrogen) atoms. The number of benzene rings is 1. The van der Waals surface area contributed by atoms with Crippen molar-refractivity contribution in [3.8, 4) is 6.07 Å². The van der Waals surface area contributed by atoms with Gasteiger partial charge >= 0.3 is 12.0 Å². The molecule has 0 fully saturated rings. The zero-order valence-corrected chi connectivity index (χ0v) is 12.4. The second kappa shape index (κ2) is 7.29. The van der Waals surface area contributed by atoms with E-state index in [1.807, 2.05) is 6.92 Å². The molecule has 1 unspecified atom stereocenters. The Morgan fingerprint density at radius 2 is 2.14 bits per heavy atom. The van der Waals surface area contributed by atoms with Crippen molar-refractivity contribution in [2.45, 2.75) is 20.8 Å². The number of amides is 2. The predicted octanol–water partition coefficient (Wildman–Crippen LogP) is 2.71. The summed E-state index contributed by atoms with van der Waals surface area (Å²) < 4.78 is 0. The number of aryl methyl sites for hydroxylation is 1. The van der Waals surface area contributed by atoms with Gasteiger partial charge < -0.3 is 15.3 Å². The molecule has 0 aliphatic carbocycles. The molecule has 0 aliphatic rings. The van der Waals surface area contributed by atoms with Crippen molar-refractivity contribution in [3.63, 3.8) is 0 Å². The molecule has 0 saturated carbocycles. The maximum Gasteiger partial charge on any atom is 0.335 e. The van der Waals surface area contributed by atoms with E-state index in [4.69, 9.17) is 10.4 Å². The van der Waals surface area contributed by atoms with E-state index in [-0.39, 0.29) is 17.5 Å². The standard InChI is InChI=1S/C15H19N3O3/c1-4-18(9-10(2)8-16)15(21)17-13-7-12(14(19)20)6-5-11(13)3/h5-7,10H,4,9H2,1-3H3,(H,17,21)(H,19,20). The minimum atomic E-state index is -1.05. The number of carboxylic acids is 1. The van der Waals surface area contributed by atoms with Crippen LogP contribution in [0, 0.1) is 24.2 Å². The highest BCUT2D eigenvalue weighted by Gasteiger charge is 2.16. The van der Waals surface area contributed by atoms with Crippen molar-refractivity contribution >= 4 is 17.7 Å². The summed E-state index contributed by atoms with van der Waals surface area (Å²) in [4.78, 5) is 24.7. The predicted molar refractivity (Wildman–Crippen MR) is 79.2 cm³/mol. The van der Waals surface area contributed by atoms with Crippen molar-refractivity contribution in [1.29, 1.82) is 5.26 Å². The van der Waals surface area contributed by atoms with Gasteiger partial charge in [0.1, 0.15) is 0 Å². The number of nitrogens with zero attached hydrogens (tertiary/aromatic N) is 2. The van der Waals surface area contributed by atoms with Gasteiger partial charge in [-0.1, -0.05) is 6.07 Å². The molecule has 0 saturated heterocycles. The number of hydrogen-bond acceptors (Lipinski definition) is 3. The molecule has 1 aromatic rings. The van der Waals surface area contributed by atoms with Crippen LogP contribution in [0.25, 0.3) is 0 Å². The molecular formula is C15H19N3O3. The Morgan fingerprint density at radius 3 is 2.67 bits per heavy atom. The molecule has 2 N–H and O–H groups in total. The van der Waals surface area contributed by atoms with E-state index < -0.39 is 5.97 Å². The average Bonchev–Trinajstić information content (AvgIpc) is 2.46. The lowest BCUT2D eigenvalue weighted by Gasteiger charge is -2.23. The molecule has 112 valence electrons. The zero-order chi connectivity index (χ0) is 16.0. The van der Waals surface area contributed by atoms with Crippen LogP contribution in [0.4, 0.5) is 10.5 Å². The first-order valence-corrected chi connectivity index (χ1v) is 6.68. The molecular weight excluding hydrogens is 270 g/mol. The van der Waals surface area contributed by atoms with Crippen molar-refractivity contribution in [2.24, 2.45) is 5.92 Å². The van der Waals surface area contributed by atoms with Crippen molar-refractivity contribution in [3.05, 3.63) is 29.3 Å². The Balaban J connectivity index is 2.89. The van der Waals surface area contributed by atoms with E-state index in [9.17, 15) is 9.59 Å². The number of urea groups is 1. The van der Waals surface area contributed by atoms with Gasteiger partial charge in [-0.2, -0.15) is 5.26 Å². The molecule has 1 atom stereocenters. The molecule has 6 heteroatoms. The van der Waals surface area contributed by atoms with Gasteiger partial charge in [-0.3, -0.25) is 0 Å². The number of nitriles is 1. The Bertz CT molecular complexity index is 578. The number of rotatable bonds is 5. The Hall–Kier alpha value is -2.55. The normalized spacial score (nSPS) is 11.3. The van der Waals surface area contributed by atoms with Gasteiger partial charge in [0.05, 0.1) is 17.6 Å². The first kappa shape index (κ1) is 16.5. The van der Waals surface area contributed by atoms with Crippen LogP contribution >= 0.6 is 0 Å². The lowest BCUT2D eigenvalue weighted by Crippen LogP contribution is -2.37. The van der Waals surface area contributed by atoms with Gasteiger partial charge in [-0.25, -0.2) is 9.59 Å². The number of carbonyl (C=O) groups excluding carboxylic acids is 1. The number of aromatic carboxylic acids is 1. The fourth-order valence-electron chi connectivity index (χ4n) is 1.81. The van der Waals surface area contributed by atoms with Gasteiger partial charge in [0.2, 0.25) is 0 Å². The third-order valence-electron chi connectivity index (χ3n) is 3.11. The number of carbonyl (C=O) groups is 2. The topological polar surface area (TPSA) is 93.4 Å². The van der Waals surface area contributed by atoms with Crippen LogP contribution in [-0.4, -0.2) is 35.1 Å². The highest BCUT2D eigenvalue weighted by molar-refractivity contribution is 5.94. The first-order valence-electron chi connectivity index (χ1n) is 6.68. The third kappa shape index (κ3) is 4.49. The Labute approximate surface area is 124 Å². The van der Waals surface area contributed by atoms with Gasteiger partial charge in [0.15, 0.2) is 0 Å². The van der Waals surface area contributed by atoms with E-state index in [1.165, 1.54) is 17.0 Å². The Morgan fingerprint density at radius 1 is 1.48 bits per heavy atom. The fourth-order valence-corrected chi connectivity index (χ4v) is 1.81. The summed E-state index contributed by atoms with van der Waals surface area (Å²) in [6, 6.07) is 6.30. The smallest absolute Gasteiger partial charge is 0.335 e. The van der Waals surface area contributed by atoms with Crippen LogP contribution < -0.4 is 5.32 Å². The second-order valence-corrected chi connectivity index (χ2v) is 4.83. The van der Waals surface area contributed by atoms with Crippen LogP contribution in [-0.2, 0) is 0 Å². The molecule has 6 nitrogen and oxygen atoms in total. The summed E-state index contributed by atoms with van der Waals surface area (Å²) in [7, 11) is 0. The molecule has 0 aromatic heterocycles. The number of anilines is 1. The summed E-state index contributed by atoms with van der Waals surface area (Å²) in [6.45, 7) is 6.15. The second-order valence-electron chi connectivity index (χ2n) is 4.83. The SMILES string of the molecule is CCN(CC(C)C#N)C(=O)Nc1cc(C(=O)O)ccc1C. The fraction of sp³-hybridized carbons (Fsp3) is 0.400. The monoisotopic (exact) mass is 289 g/mol. The lowest BCUT2D eigenvalue weighted by atomic mass is 10.1. The molecule has 1 aromatic carbocycles. The summed E-state index contributed by atoms with van der Waals surface area (Å²) in [5, 5.41) is 20.5. The van der Waals surface area contributed by atoms with Crippen LogP contribution in [0.15, 0.2) is 18.2 Å². The zero-order valence-electron chi connectivity index (χ0n) is 12.4. The quantitative estimate of drug-likeness (QED) is 0.871. The average molecular weight is 289 g/mol. The minimum Gasteiger partial charge on any atom is -0.478 e. The summed E-state index contributed by atoms with van der Waals surface area (Å²) in [6.07, 6.45) is 0. The van der Waals surface area contributed by atoms with E-state index in [0.717, 1.165) is 5.56 Å². The van der Waals surface area contributed by atoms with Gasteiger partial charge in [-0.15, -0.1) is 0 Å². The largest absolute Gasteiger partial charge is 0.478 e. The summed E-state index contributed by atoms with van der Waals surface area (Å²) in [5.74, 6) is -1.31. The van der Waals surface area contributed by atoms with Crippen LogP contribution in [0.5, 0.6) is 0 Å². The summed E-state index contributed by atoms with van der Waals surface area (Å²) in [5.41, 5.74) is 1.35. The van der Waals surface area contributed by atoms with Gasteiger partial charge in [-0.05, 0) is 38.5 Å². The van der Waals surface area contributed by atoms with Crippen LogP contribution in [0.2, 0.25) is 0 Å².